The van der Waals surface area contributed by atoms with Crippen molar-refractivity contribution < 1.29 is 0 Å². The van der Waals surface area contributed by atoms with Crippen molar-refractivity contribution in [3.8, 4) is 0 Å². The zero-order valence-electron chi connectivity index (χ0n) is 9.02. The molecule has 76 valence electrons. The Morgan fingerprint density at radius 2 is 1.77 bits per heavy atom. The molecule has 0 saturated heterocycles. The largest absolute Gasteiger partial charge is 0.393 e. The Bertz CT molecular complexity index is 165. The molecule has 0 amide bonds. The van der Waals surface area contributed by atoms with Crippen LogP contribution in [0.2, 0.25) is 0 Å². The average Bonchev–Trinajstić information content (AvgIpc) is 2.01. The lowest BCUT2D eigenvalue weighted by molar-refractivity contribution is 0.490. The number of hydrogen-bond donors (Lipinski definition) is 3. The van der Waals surface area contributed by atoms with Crippen LogP contribution in [0.4, 0.5) is 0 Å². The van der Waals surface area contributed by atoms with Gasteiger partial charge in [-0.05, 0) is 33.0 Å². The van der Waals surface area contributed by atoms with E-state index in [2.05, 4.69) is 36.7 Å². The minimum absolute atomic E-state index is 0.150. The third-order valence-corrected chi connectivity index (χ3v) is 1.24. The first kappa shape index (κ1) is 11.9. The van der Waals surface area contributed by atoms with E-state index in [1.165, 1.54) is 0 Å². The number of rotatable bonds is 5. The topological polar surface area (TPSA) is 36.1 Å². The number of nitrogens with one attached hydrogen (secondary N) is 3. The van der Waals surface area contributed by atoms with Gasteiger partial charge in [0.05, 0.1) is 0 Å². The van der Waals surface area contributed by atoms with Crippen molar-refractivity contribution in [2.24, 2.45) is 0 Å². The summed E-state index contributed by atoms with van der Waals surface area (Å²) < 4.78 is 0. The van der Waals surface area contributed by atoms with Crippen LogP contribution in [0.25, 0.3) is 0 Å². The Labute approximate surface area is 81.3 Å². The van der Waals surface area contributed by atoms with E-state index in [1.54, 1.807) is 0 Å². The molecule has 3 heteroatoms. The van der Waals surface area contributed by atoms with Crippen LogP contribution < -0.4 is 16.0 Å². The number of hydrogen-bond acceptors (Lipinski definition) is 3. The Hall–Kier alpha value is -1.12. The van der Waals surface area contributed by atoms with Crippen molar-refractivity contribution in [3.05, 3.63) is 24.7 Å². The van der Waals surface area contributed by atoms with Gasteiger partial charge in [-0.25, -0.2) is 0 Å². The Kier molecular flexibility index (Phi) is 5.85. The third-order valence-electron chi connectivity index (χ3n) is 1.24. The molecule has 0 aliphatic heterocycles. The lowest BCUT2D eigenvalue weighted by atomic mass is 10.1. The predicted octanol–water partition coefficient (Wildman–Crippen LogP) is 1.17. The van der Waals surface area contributed by atoms with Gasteiger partial charge in [-0.2, -0.15) is 0 Å². The molecule has 0 aromatic carbocycles. The predicted molar refractivity (Wildman–Crippen MR) is 58.2 cm³/mol. The molecule has 0 aromatic heterocycles. The van der Waals surface area contributed by atoms with Crippen molar-refractivity contribution in [1.82, 2.24) is 16.0 Å². The lowest BCUT2D eigenvalue weighted by Gasteiger charge is -2.18. The van der Waals surface area contributed by atoms with Crippen LogP contribution in [-0.2, 0) is 0 Å². The molecule has 0 spiro atoms. The molecule has 0 radical (unpaired) electrons. The minimum Gasteiger partial charge on any atom is -0.393 e. The molecule has 0 fully saturated rings. The molecule has 3 nitrogen and oxygen atoms in total. The molecule has 0 aromatic rings. The maximum atomic E-state index is 3.25. The average molecular weight is 183 g/mol. The van der Waals surface area contributed by atoms with Crippen molar-refractivity contribution in [1.29, 1.82) is 0 Å². The van der Waals surface area contributed by atoms with E-state index in [9.17, 15) is 0 Å². The monoisotopic (exact) mass is 183 g/mol. The molecule has 0 aliphatic rings. The van der Waals surface area contributed by atoms with Gasteiger partial charge in [0.2, 0.25) is 0 Å². The van der Waals surface area contributed by atoms with E-state index in [-0.39, 0.29) is 5.54 Å². The third kappa shape index (κ3) is 10.9. The quantitative estimate of drug-likeness (QED) is 0.560. The van der Waals surface area contributed by atoms with Crippen molar-refractivity contribution in [3.63, 3.8) is 0 Å². The molecule has 0 saturated carbocycles. The van der Waals surface area contributed by atoms with Gasteiger partial charge >= 0.3 is 0 Å². The molecule has 0 bridgehead atoms. The molecule has 0 rings (SSSR count). The fourth-order valence-corrected chi connectivity index (χ4v) is 0.646. The Morgan fingerprint density at radius 3 is 2.31 bits per heavy atom. The lowest BCUT2D eigenvalue weighted by Crippen LogP contribution is -2.31. The van der Waals surface area contributed by atoms with Gasteiger partial charge in [-0.3, -0.25) is 0 Å². The first-order valence-corrected chi connectivity index (χ1v) is 4.54. The highest BCUT2D eigenvalue weighted by Crippen LogP contribution is 1.96. The molecule has 0 unspecified atom stereocenters. The molecule has 0 heterocycles. The molecule has 13 heavy (non-hydrogen) atoms. The van der Waals surface area contributed by atoms with Gasteiger partial charge < -0.3 is 16.0 Å². The maximum Gasteiger partial charge on any atom is 0.0342 e. The van der Waals surface area contributed by atoms with Gasteiger partial charge in [0, 0.05) is 31.5 Å². The van der Waals surface area contributed by atoms with E-state index in [0.717, 1.165) is 6.54 Å². The van der Waals surface area contributed by atoms with Crippen LogP contribution in [0.1, 0.15) is 20.8 Å². The van der Waals surface area contributed by atoms with Gasteiger partial charge in [0.25, 0.3) is 0 Å². The highest BCUT2D eigenvalue weighted by atomic mass is 14.9. The summed E-state index contributed by atoms with van der Waals surface area (Å²) >= 11 is 0. The summed E-state index contributed by atoms with van der Waals surface area (Å²) in [6, 6.07) is 0. The zero-order chi connectivity index (χ0) is 10.2. The van der Waals surface area contributed by atoms with Crippen molar-refractivity contribution in [2.45, 2.75) is 26.3 Å². The molecule has 0 atom stereocenters. The van der Waals surface area contributed by atoms with Crippen LogP contribution in [0.5, 0.6) is 0 Å². The van der Waals surface area contributed by atoms with Gasteiger partial charge in [0.1, 0.15) is 0 Å². The molecular weight excluding hydrogens is 162 g/mol. The van der Waals surface area contributed by atoms with E-state index < -0.39 is 0 Å². The van der Waals surface area contributed by atoms with Gasteiger partial charge in [0.15, 0.2) is 0 Å². The van der Waals surface area contributed by atoms with Gasteiger partial charge in [-0.15, -0.1) is 0 Å². The summed E-state index contributed by atoms with van der Waals surface area (Å²) in [5.74, 6) is 0. The van der Waals surface area contributed by atoms with Crippen molar-refractivity contribution >= 4 is 0 Å². The van der Waals surface area contributed by atoms with E-state index in [1.807, 2.05) is 31.7 Å². The molecule has 3 N–H and O–H groups in total. The first-order valence-electron chi connectivity index (χ1n) is 4.54. The van der Waals surface area contributed by atoms with Crippen LogP contribution in [-0.4, -0.2) is 19.1 Å². The summed E-state index contributed by atoms with van der Waals surface area (Å²) in [6.45, 7) is 7.23. The second-order valence-corrected chi connectivity index (χ2v) is 3.83. The highest BCUT2D eigenvalue weighted by Gasteiger charge is 2.03. The normalized spacial score (nSPS) is 12.3. The smallest absolute Gasteiger partial charge is 0.0342 e. The Balaban J connectivity index is 3.37. The van der Waals surface area contributed by atoms with Crippen LogP contribution in [0.15, 0.2) is 24.7 Å². The fourth-order valence-electron chi connectivity index (χ4n) is 0.646. The van der Waals surface area contributed by atoms with E-state index in [4.69, 9.17) is 0 Å². The Morgan fingerprint density at radius 1 is 1.08 bits per heavy atom. The second-order valence-electron chi connectivity index (χ2n) is 3.83. The first-order chi connectivity index (χ1) is 6.06. The van der Waals surface area contributed by atoms with Gasteiger partial charge in [-0.1, -0.05) is 0 Å². The summed E-state index contributed by atoms with van der Waals surface area (Å²) in [7, 11) is 1.87. The summed E-state index contributed by atoms with van der Waals surface area (Å²) in [6.07, 6.45) is 7.75. The summed E-state index contributed by atoms with van der Waals surface area (Å²) in [4.78, 5) is 0. The van der Waals surface area contributed by atoms with Crippen LogP contribution >= 0.6 is 0 Å². The molecular formula is C10H21N3. The summed E-state index contributed by atoms with van der Waals surface area (Å²) in [5.41, 5.74) is 0.150. The van der Waals surface area contributed by atoms with Crippen molar-refractivity contribution in [2.75, 3.05) is 13.6 Å². The van der Waals surface area contributed by atoms with Crippen LogP contribution in [0.3, 0.4) is 0 Å². The minimum atomic E-state index is 0.150. The molecule has 0 aliphatic carbocycles. The van der Waals surface area contributed by atoms with E-state index in [0.29, 0.717) is 0 Å². The highest BCUT2D eigenvalue weighted by molar-refractivity contribution is 4.89. The SMILES string of the molecule is CN/C=C\NC/C=C\NC(C)(C)C. The second kappa shape index (κ2) is 6.40. The van der Waals surface area contributed by atoms with E-state index >= 15 is 0 Å². The zero-order valence-corrected chi connectivity index (χ0v) is 9.02. The summed E-state index contributed by atoms with van der Waals surface area (Å²) in [5, 5.41) is 9.26. The maximum absolute atomic E-state index is 3.25. The fraction of sp³-hybridized carbons (Fsp3) is 0.600. The standard InChI is InChI=1S/C10H21N3/c1-10(2,3)13-7-5-6-12-9-8-11-4/h5,7-9,11-13H,6H2,1-4H3/b7-5-,9-8-. The van der Waals surface area contributed by atoms with Crippen LogP contribution in [0, 0.1) is 0 Å².